The molecular weight excluding hydrogens is 210 g/mol. The Morgan fingerprint density at radius 2 is 1.59 bits per heavy atom. The average molecular weight is 235 g/mol. The molecule has 2 nitrogen and oxygen atoms in total. The lowest BCUT2D eigenvalue weighted by atomic mass is 9.94. The van der Waals surface area contributed by atoms with Gasteiger partial charge in [0.15, 0.2) is 0 Å². The fourth-order valence-electron chi connectivity index (χ4n) is 1.91. The van der Waals surface area contributed by atoms with Crippen molar-refractivity contribution < 1.29 is 4.74 Å². The van der Waals surface area contributed by atoms with Gasteiger partial charge in [-0.25, -0.2) is 0 Å². The van der Waals surface area contributed by atoms with Gasteiger partial charge >= 0.3 is 0 Å². The molecule has 0 saturated heterocycles. The van der Waals surface area contributed by atoms with Crippen LogP contribution < -0.4 is 10.5 Å². The van der Waals surface area contributed by atoms with Gasteiger partial charge in [0, 0.05) is 0 Å². The van der Waals surface area contributed by atoms with Gasteiger partial charge in [-0.15, -0.1) is 0 Å². The maximum absolute atomic E-state index is 5.95. The number of nitrogens with two attached hydrogens (primary N) is 1. The molecule has 0 saturated carbocycles. The van der Waals surface area contributed by atoms with Crippen molar-refractivity contribution in [2.75, 3.05) is 13.2 Å². The highest BCUT2D eigenvalue weighted by Crippen LogP contribution is 2.34. The van der Waals surface area contributed by atoms with Crippen LogP contribution in [0.4, 0.5) is 0 Å². The second-order valence-corrected chi connectivity index (χ2v) is 5.07. The van der Waals surface area contributed by atoms with Crippen LogP contribution in [-0.4, -0.2) is 13.2 Å². The van der Waals surface area contributed by atoms with E-state index in [0.717, 1.165) is 12.2 Å². The summed E-state index contributed by atoms with van der Waals surface area (Å²) in [5, 5.41) is 0. The Bertz CT molecular complexity index is 319. The lowest BCUT2D eigenvalue weighted by Gasteiger charge is -2.19. The standard InChI is InChI=1S/C15H25NO/c1-11(2)13-7-5-8-14(12(3)4)15(13)17-10-6-9-16/h5,7-8,11-12H,6,9-10,16H2,1-4H3. The first-order chi connectivity index (χ1) is 8.07. The van der Waals surface area contributed by atoms with Gasteiger partial charge in [0.1, 0.15) is 5.75 Å². The molecule has 2 heteroatoms. The molecular formula is C15H25NO. The highest BCUT2D eigenvalue weighted by molar-refractivity contribution is 5.44. The first-order valence-electron chi connectivity index (χ1n) is 6.53. The maximum atomic E-state index is 5.95. The molecule has 0 aliphatic rings. The summed E-state index contributed by atoms with van der Waals surface area (Å²) in [4.78, 5) is 0. The van der Waals surface area contributed by atoms with E-state index in [1.54, 1.807) is 0 Å². The van der Waals surface area contributed by atoms with E-state index in [9.17, 15) is 0 Å². The van der Waals surface area contributed by atoms with Gasteiger partial charge in [-0.05, 0) is 35.9 Å². The second kappa shape index (κ2) is 6.65. The van der Waals surface area contributed by atoms with E-state index in [4.69, 9.17) is 10.5 Å². The summed E-state index contributed by atoms with van der Waals surface area (Å²) in [7, 11) is 0. The van der Waals surface area contributed by atoms with Crippen LogP contribution in [0.1, 0.15) is 57.1 Å². The molecule has 96 valence electrons. The number of benzene rings is 1. The van der Waals surface area contributed by atoms with Crippen molar-refractivity contribution >= 4 is 0 Å². The van der Waals surface area contributed by atoms with Crippen molar-refractivity contribution in [3.63, 3.8) is 0 Å². The highest BCUT2D eigenvalue weighted by Gasteiger charge is 2.14. The Balaban J connectivity index is 3.01. The van der Waals surface area contributed by atoms with Gasteiger partial charge in [-0.2, -0.15) is 0 Å². The molecule has 0 bridgehead atoms. The fraction of sp³-hybridized carbons (Fsp3) is 0.600. The van der Waals surface area contributed by atoms with E-state index in [2.05, 4.69) is 45.9 Å². The molecule has 0 aliphatic carbocycles. The van der Waals surface area contributed by atoms with Crippen LogP contribution in [0.25, 0.3) is 0 Å². The molecule has 0 spiro atoms. The third-order valence-corrected chi connectivity index (χ3v) is 2.91. The van der Waals surface area contributed by atoms with E-state index in [1.807, 2.05) is 0 Å². The third kappa shape index (κ3) is 3.74. The van der Waals surface area contributed by atoms with Crippen molar-refractivity contribution in [2.24, 2.45) is 5.73 Å². The van der Waals surface area contributed by atoms with E-state index < -0.39 is 0 Å². The predicted octanol–water partition coefficient (Wildman–Crippen LogP) is 3.66. The molecule has 1 aromatic rings. The first-order valence-corrected chi connectivity index (χ1v) is 6.53. The molecule has 0 heterocycles. The quantitative estimate of drug-likeness (QED) is 0.764. The molecule has 0 aliphatic heterocycles. The van der Waals surface area contributed by atoms with E-state index in [-0.39, 0.29) is 0 Å². The molecule has 1 aromatic carbocycles. The Morgan fingerprint density at radius 3 is 2.00 bits per heavy atom. The molecule has 1 rings (SSSR count). The zero-order valence-corrected chi connectivity index (χ0v) is 11.5. The van der Waals surface area contributed by atoms with Gasteiger partial charge in [-0.1, -0.05) is 45.9 Å². The number of hydrogen-bond acceptors (Lipinski definition) is 2. The summed E-state index contributed by atoms with van der Waals surface area (Å²) in [6.45, 7) is 10.2. The minimum atomic E-state index is 0.488. The molecule has 0 aromatic heterocycles. The van der Waals surface area contributed by atoms with Crippen molar-refractivity contribution in [1.29, 1.82) is 0 Å². The summed E-state index contributed by atoms with van der Waals surface area (Å²) in [6.07, 6.45) is 0.907. The number of hydrogen-bond donors (Lipinski definition) is 1. The normalized spacial score (nSPS) is 11.2. The Morgan fingerprint density at radius 1 is 1.06 bits per heavy atom. The average Bonchev–Trinajstić information content (AvgIpc) is 2.28. The van der Waals surface area contributed by atoms with Gasteiger partial charge in [0.05, 0.1) is 6.61 Å². The minimum Gasteiger partial charge on any atom is -0.493 e. The summed E-state index contributed by atoms with van der Waals surface area (Å²) in [5.41, 5.74) is 8.11. The highest BCUT2D eigenvalue weighted by atomic mass is 16.5. The SMILES string of the molecule is CC(C)c1cccc(C(C)C)c1OCCCN. The van der Waals surface area contributed by atoms with Crippen molar-refractivity contribution in [2.45, 2.75) is 46.0 Å². The lowest BCUT2D eigenvalue weighted by molar-refractivity contribution is 0.305. The Kier molecular flexibility index (Phi) is 5.49. The number of rotatable bonds is 6. The van der Waals surface area contributed by atoms with Crippen LogP contribution in [-0.2, 0) is 0 Å². The molecule has 17 heavy (non-hydrogen) atoms. The van der Waals surface area contributed by atoms with E-state index in [1.165, 1.54) is 11.1 Å². The smallest absolute Gasteiger partial charge is 0.126 e. The number of ether oxygens (including phenoxy) is 1. The van der Waals surface area contributed by atoms with Crippen LogP contribution in [0.2, 0.25) is 0 Å². The van der Waals surface area contributed by atoms with Gasteiger partial charge in [0.2, 0.25) is 0 Å². The van der Waals surface area contributed by atoms with Crippen molar-refractivity contribution in [3.05, 3.63) is 29.3 Å². The van der Waals surface area contributed by atoms with Crippen LogP contribution in [0.15, 0.2) is 18.2 Å². The molecule has 0 amide bonds. The molecule has 2 N–H and O–H groups in total. The maximum Gasteiger partial charge on any atom is 0.126 e. The largest absolute Gasteiger partial charge is 0.493 e. The van der Waals surface area contributed by atoms with E-state index >= 15 is 0 Å². The monoisotopic (exact) mass is 235 g/mol. The van der Waals surface area contributed by atoms with Crippen LogP contribution in [0, 0.1) is 0 Å². The zero-order chi connectivity index (χ0) is 12.8. The lowest BCUT2D eigenvalue weighted by Crippen LogP contribution is -2.09. The van der Waals surface area contributed by atoms with Crippen molar-refractivity contribution in [1.82, 2.24) is 0 Å². The summed E-state index contributed by atoms with van der Waals surface area (Å²) in [6, 6.07) is 6.45. The van der Waals surface area contributed by atoms with E-state index in [0.29, 0.717) is 25.0 Å². The van der Waals surface area contributed by atoms with Crippen LogP contribution in [0.3, 0.4) is 0 Å². The Hall–Kier alpha value is -1.02. The summed E-state index contributed by atoms with van der Waals surface area (Å²) < 4.78 is 5.95. The Labute approximate surface area is 105 Å². The second-order valence-electron chi connectivity index (χ2n) is 5.07. The topological polar surface area (TPSA) is 35.2 Å². The minimum absolute atomic E-state index is 0.488. The van der Waals surface area contributed by atoms with Gasteiger partial charge in [0.25, 0.3) is 0 Å². The number of para-hydroxylation sites is 1. The molecule has 0 atom stereocenters. The van der Waals surface area contributed by atoms with Gasteiger partial charge < -0.3 is 10.5 Å². The van der Waals surface area contributed by atoms with Crippen LogP contribution in [0.5, 0.6) is 5.75 Å². The van der Waals surface area contributed by atoms with Crippen LogP contribution >= 0.6 is 0 Å². The molecule has 0 unspecified atom stereocenters. The molecule has 0 radical (unpaired) electrons. The molecule has 0 fully saturated rings. The first kappa shape index (κ1) is 14.0. The van der Waals surface area contributed by atoms with Gasteiger partial charge in [-0.3, -0.25) is 0 Å². The third-order valence-electron chi connectivity index (χ3n) is 2.91. The van der Waals surface area contributed by atoms with Crippen molar-refractivity contribution in [3.8, 4) is 5.75 Å². The summed E-state index contributed by atoms with van der Waals surface area (Å²) in [5.74, 6) is 2.05. The summed E-state index contributed by atoms with van der Waals surface area (Å²) >= 11 is 0. The fourth-order valence-corrected chi connectivity index (χ4v) is 1.91. The zero-order valence-electron chi connectivity index (χ0n) is 11.5. The predicted molar refractivity (Wildman–Crippen MR) is 73.8 cm³/mol.